The second kappa shape index (κ2) is 6.37. The van der Waals surface area contributed by atoms with Gasteiger partial charge in [-0.3, -0.25) is 0 Å². The van der Waals surface area contributed by atoms with E-state index in [1.807, 2.05) is 0 Å². The third-order valence-corrected chi connectivity index (χ3v) is 7.21. The fourth-order valence-electron chi connectivity index (χ4n) is 4.13. The van der Waals surface area contributed by atoms with Gasteiger partial charge in [-0.25, -0.2) is 17.9 Å². The predicted molar refractivity (Wildman–Crippen MR) is 93.4 cm³/mol. The van der Waals surface area contributed by atoms with E-state index in [0.29, 0.717) is 12.5 Å². The number of likely N-dealkylation sites (tertiary alicyclic amines) is 1. The van der Waals surface area contributed by atoms with E-state index in [4.69, 9.17) is 0 Å². The van der Waals surface area contributed by atoms with Crippen molar-refractivity contribution < 1.29 is 18.3 Å². The van der Waals surface area contributed by atoms with Crippen LogP contribution in [0, 0.1) is 0 Å². The number of carboxylic acids is 1. The normalized spacial score (nSPS) is 22.1. The van der Waals surface area contributed by atoms with E-state index in [1.165, 1.54) is 18.9 Å². The van der Waals surface area contributed by atoms with Crippen LogP contribution in [0.25, 0.3) is 0 Å². The van der Waals surface area contributed by atoms with Gasteiger partial charge in [0.05, 0.1) is 10.5 Å². The number of nitrogens with zero attached hydrogens (tertiary/aromatic N) is 1. The Labute approximate surface area is 148 Å². The monoisotopic (exact) mass is 364 g/mol. The van der Waals surface area contributed by atoms with Crippen LogP contribution in [0.3, 0.4) is 0 Å². The molecule has 7 heteroatoms. The fourth-order valence-corrected chi connectivity index (χ4v) is 5.77. The highest BCUT2D eigenvalue weighted by molar-refractivity contribution is 7.89. The number of carbonyl (C=O) groups is 1. The molecule has 0 radical (unpaired) electrons. The van der Waals surface area contributed by atoms with Crippen LogP contribution in [0.15, 0.2) is 17.0 Å². The summed E-state index contributed by atoms with van der Waals surface area (Å²) in [6.07, 6.45) is 6.49. The molecular weight excluding hydrogens is 340 g/mol. The van der Waals surface area contributed by atoms with Gasteiger partial charge in [0.1, 0.15) is 0 Å². The lowest BCUT2D eigenvalue weighted by molar-refractivity contribution is 0.0696. The van der Waals surface area contributed by atoms with E-state index in [-0.39, 0.29) is 16.5 Å². The Morgan fingerprint density at radius 3 is 2.48 bits per heavy atom. The summed E-state index contributed by atoms with van der Waals surface area (Å²) in [6.45, 7) is 1.87. The highest BCUT2D eigenvalue weighted by atomic mass is 32.2. The first kappa shape index (κ1) is 17.0. The van der Waals surface area contributed by atoms with Crippen LogP contribution < -0.4 is 4.72 Å². The standard InChI is InChI=1S/C18H24N2O4S/c21-18(22)13-10-12-2-1-3-16(12)17(11-13)25(23,24)19-14-6-8-20(9-7-14)15-4-5-15/h10-11,14-15,19H,1-9H2,(H,21,22). The summed E-state index contributed by atoms with van der Waals surface area (Å²) in [5.41, 5.74) is 1.72. The number of nitrogens with one attached hydrogen (secondary N) is 1. The Kier molecular flexibility index (Phi) is 4.33. The summed E-state index contributed by atoms with van der Waals surface area (Å²) in [5, 5.41) is 9.29. The average Bonchev–Trinajstić information content (AvgIpc) is 3.31. The van der Waals surface area contributed by atoms with Crippen molar-refractivity contribution >= 4 is 16.0 Å². The molecule has 1 heterocycles. The number of carboxylic acid groups (broad SMARTS) is 1. The van der Waals surface area contributed by atoms with Crippen molar-refractivity contribution in [2.75, 3.05) is 13.1 Å². The molecule has 1 aromatic carbocycles. The molecule has 0 aromatic heterocycles. The van der Waals surface area contributed by atoms with Gasteiger partial charge in [0.15, 0.2) is 0 Å². The van der Waals surface area contributed by atoms with Crippen molar-refractivity contribution in [3.63, 3.8) is 0 Å². The molecule has 2 fully saturated rings. The second-order valence-corrected chi connectivity index (χ2v) is 9.12. The lowest BCUT2D eigenvalue weighted by Gasteiger charge is -2.32. The van der Waals surface area contributed by atoms with E-state index in [9.17, 15) is 18.3 Å². The molecule has 2 aliphatic carbocycles. The van der Waals surface area contributed by atoms with Crippen LogP contribution in [-0.4, -0.2) is 49.6 Å². The quantitative estimate of drug-likeness (QED) is 0.832. The molecule has 0 unspecified atom stereocenters. The smallest absolute Gasteiger partial charge is 0.335 e. The first-order chi connectivity index (χ1) is 11.9. The minimum absolute atomic E-state index is 0.0598. The summed E-state index contributed by atoms with van der Waals surface area (Å²) in [5.74, 6) is -1.08. The van der Waals surface area contributed by atoms with Gasteiger partial charge < -0.3 is 10.0 Å². The summed E-state index contributed by atoms with van der Waals surface area (Å²) in [4.78, 5) is 14.0. The summed E-state index contributed by atoms with van der Waals surface area (Å²) >= 11 is 0. The van der Waals surface area contributed by atoms with E-state index in [0.717, 1.165) is 49.9 Å². The van der Waals surface area contributed by atoms with Crippen LogP contribution in [0.4, 0.5) is 0 Å². The number of benzene rings is 1. The zero-order valence-corrected chi connectivity index (χ0v) is 15.0. The van der Waals surface area contributed by atoms with Crippen LogP contribution >= 0.6 is 0 Å². The van der Waals surface area contributed by atoms with Crippen molar-refractivity contribution in [2.24, 2.45) is 0 Å². The second-order valence-electron chi connectivity index (χ2n) is 7.43. The third-order valence-electron chi connectivity index (χ3n) is 5.63. The van der Waals surface area contributed by atoms with E-state index in [1.54, 1.807) is 6.07 Å². The minimum atomic E-state index is -3.70. The number of hydrogen-bond acceptors (Lipinski definition) is 4. The van der Waals surface area contributed by atoms with Gasteiger partial charge in [0, 0.05) is 12.1 Å². The molecule has 1 saturated heterocycles. The summed E-state index contributed by atoms with van der Waals surface area (Å²) in [6, 6.07) is 3.60. The first-order valence-electron chi connectivity index (χ1n) is 9.09. The van der Waals surface area contributed by atoms with Crippen molar-refractivity contribution in [3.8, 4) is 0 Å². The lowest BCUT2D eigenvalue weighted by Crippen LogP contribution is -2.45. The van der Waals surface area contributed by atoms with E-state index >= 15 is 0 Å². The van der Waals surface area contributed by atoms with Gasteiger partial charge in [0.2, 0.25) is 10.0 Å². The lowest BCUT2D eigenvalue weighted by atomic mass is 10.1. The summed E-state index contributed by atoms with van der Waals surface area (Å²) in [7, 11) is -3.70. The minimum Gasteiger partial charge on any atom is -0.478 e. The largest absolute Gasteiger partial charge is 0.478 e. The molecule has 6 nitrogen and oxygen atoms in total. The van der Waals surface area contributed by atoms with E-state index < -0.39 is 16.0 Å². The zero-order valence-electron chi connectivity index (χ0n) is 14.2. The molecule has 1 saturated carbocycles. The van der Waals surface area contributed by atoms with Gasteiger partial charge in [-0.1, -0.05) is 0 Å². The SMILES string of the molecule is O=C(O)c1cc2c(c(S(=O)(=O)NC3CCN(C4CC4)CC3)c1)CCC2. The molecule has 0 atom stereocenters. The topological polar surface area (TPSA) is 86.7 Å². The number of sulfonamides is 1. The molecule has 4 rings (SSSR count). The highest BCUT2D eigenvalue weighted by Gasteiger charge is 2.34. The Hall–Kier alpha value is -1.44. The number of rotatable bonds is 5. The molecule has 0 amide bonds. The zero-order chi connectivity index (χ0) is 17.6. The van der Waals surface area contributed by atoms with Gasteiger partial charge in [0.25, 0.3) is 0 Å². The number of hydrogen-bond donors (Lipinski definition) is 2. The predicted octanol–water partition coefficient (Wildman–Crippen LogP) is 1.78. The van der Waals surface area contributed by atoms with Crippen molar-refractivity contribution in [1.29, 1.82) is 0 Å². The highest BCUT2D eigenvalue weighted by Crippen LogP contribution is 2.32. The maximum atomic E-state index is 12.9. The molecule has 136 valence electrons. The molecule has 2 N–H and O–H groups in total. The molecule has 1 aromatic rings. The molecule has 0 spiro atoms. The maximum Gasteiger partial charge on any atom is 0.335 e. The number of fused-ring (bicyclic) bond motifs is 1. The van der Waals surface area contributed by atoms with Gasteiger partial charge in [-0.05, 0) is 81.3 Å². The van der Waals surface area contributed by atoms with Crippen LogP contribution in [-0.2, 0) is 22.9 Å². The van der Waals surface area contributed by atoms with Crippen molar-refractivity contribution in [3.05, 3.63) is 28.8 Å². The molecule has 3 aliphatic rings. The van der Waals surface area contributed by atoms with Crippen LogP contribution in [0.2, 0.25) is 0 Å². The van der Waals surface area contributed by atoms with Crippen molar-refractivity contribution in [1.82, 2.24) is 9.62 Å². The molecular formula is C18H24N2O4S. The Balaban J connectivity index is 1.55. The average molecular weight is 364 g/mol. The van der Waals surface area contributed by atoms with Crippen molar-refractivity contribution in [2.45, 2.75) is 61.9 Å². The van der Waals surface area contributed by atoms with Gasteiger partial charge >= 0.3 is 5.97 Å². The first-order valence-corrected chi connectivity index (χ1v) is 10.6. The Morgan fingerprint density at radius 1 is 1.12 bits per heavy atom. The molecule has 1 aliphatic heterocycles. The van der Waals surface area contributed by atoms with Gasteiger partial charge in [-0.15, -0.1) is 0 Å². The summed E-state index contributed by atoms with van der Waals surface area (Å²) < 4.78 is 28.7. The Bertz CT molecular complexity index is 794. The molecule has 25 heavy (non-hydrogen) atoms. The number of aryl methyl sites for hydroxylation is 1. The Morgan fingerprint density at radius 2 is 1.84 bits per heavy atom. The number of aromatic carboxylic acids is 1. The van der Waals surface area contributed by atoms with Gasteiger partial charge in [-0.2, -0.15) is 0 Å². The van der Waals surface area contributed by atoms with E-state index in [2.05, 4.69) is 9.62 Å². The van der Waals surface area contributed by atoms with Crippen LogP contribution in [0.1, 0.15) is 53.6 Å². The maximum absolute atomic E-state index is 12.9. The van der Waals surface area contributed by atoms with Crippen LogP contribution in [0.5, 0.6) is 0 Å². The molecule has 0 bridgehead atoms. The third kappa shape index (κ3) is 3.45. The fraction of sp³-hybridized carbons (Fsp3) is 0.611. The number of piperidine rings is 1.